The van der Waals surface area contributed by atoms with Gasteiger partial charge in [-0.2, -0.15) is 20.3 Å². The number of likely N-dealkylation sites (N-methyl/N-ethyl adjacent to an activating group) is 1. The summed E-state index contributed by atoms with van der Waals surface area (Å²) in [7, 11) is 2.04. The van der Waals surface area contributed by atoms with Crippen molar-refractivity contribution in [2.75, 3.05) is 51.3 Å². The van der Waals surface area contributed by atoms with E-state index in [1.165, 1.54) is 11.0 Å². The van der Waals surface area contributed by atoms with Gasteiger partial charge in [0.1, 0.15) is 29.6 Å². The third-order valence-electron chi connectivity index (χ3n) is 9.78. The second kappa shape index (κ2) is 13.3. The summed E-state index contributed by atoms with van der Waals surface area (Å²) in [5.41, 5.74) is 1.75. The van der Waals surface area contributed by atoms with Crippen molar-refractivity contribution in [3.05, 3.63) is 40.4 Å². The van der Waals surface area contributed by atoms with Gasteiger partial charge in [-0.1, -0.05) is 11.6 Å². The number of aliphatic hydroxyl groups excluding tert-OH is 1. The molecule has 4 atom stereocenters. The number of hydrogen-bond donors (Lipinski definition) is 3. The number of amides is 1. The predicted molar refractivity (Wildman–Crippen MR) is 174 cm³/mol. The second-order valence-electron chi connectivity index (χ2n) is 12.7. The normalized spacial score (nSPS) is 22.8. The number of carbonyl (C=O) groups is 1. The fourth-order valence-electron chi connectivity index (χ4n) is 7.15. The second-order valence-corrected chi connectivity index (χ2v) is 13.0. The predicted octanol–water partition coefficient (Wildman–Crippen LogP) is 4.44. The highest BCUT2D eigenvalue weighted by Crippen LogP contribution is 2.41. The Balaban J connectivity index is 1.30. The number of aromatic amines is 1. The molecule has 3 aliphatic rings. The van der Waals surface area contributed by atoms with E-state index in [2.05, 4.69) is 21.1 Å². The van der Waals surface area contributed by atoms with Crippen LogP contribution in [0.1, 0.15) is 62.0 Å². The minimum Gasteiger partial charge on any atom is -0.465 e. The Hall–Kier alpha value is -4.23. The van der Waals surface area contributed by atoms with Gasteiger partial charge in [0.15, 0.2) is 12.0 Å². The van der Waals surface area contributed by atoms with E-state index in [-0.39, 0.29) is 48.4 Å². The number of rotatable bonds is 8. The van der Waals surface area contributed by atoms with Gasteiger partial charge in [0.2, 0.25) is 0 Å². The van der Waals surface area contributed by atoms with Crippen LogP contribution >= 0.6 is 11.6 Å². The summed E-state index contributed by atoms with van der Waals surface area (Å²) in [5.74, 6) is -0.255. The molecule has 254 valence electrons. The molecule has 3 saturated heterocycles. The van der Waals surface area contributed by atoms with E-state index in [1.807, 2.05) is 11.9 Å². The summed E-state index contributed by atoms with van der Waals surface area (Å²) in [6, 6.07) is 3.10. The molecular formula is C32H37ClFN9O5. The smallest absolute Gasteiger partial charge is 0.407 e. The summed E-state index contributed by atoms with van der Waals surface area (Å²) in [4.78, 5) is 30.0. The van der Waals surface area contributed by atoms with Crippen LogP contribution in [0.4, 0.5) is 15.0 Å². The highest BCUT2D eigenvalue weighted by Gasteiger charge is 2.34. The van der Waals surface area contributed by atoms with Gasteiger partial charge in [-0.25, -0.2) is 13.9 Å². The van der Waals surface area contributed by atoms with Gasteiger partial charge in [-0.05, 0) is 45.7 Å². The number of likely N-dealkylation sites (tertiary alicyclic amines) is 1. The van der Waals surface area contributed by atoms with E-state index in [4.69, 9.17) is 31.0 Å². The van der Waals surface area contributed by atoms with Gasteiger partial charge in [-0.3, -0.25) is 0 Å². The third-order valence-corrected chi connectivity index (χ3v) is 10.2. The van der Waals surface area contributed by atoms with E-state index in [9.17, 15) is 20.3 Å². The standard InChI is InChI=1S/C32H37ClFN9O5/c1-40-9-4-5-19(40)17-48-31-38-27-21(14-36-28(27)30(39-31)41-10-11-42(32(45)46)18(16-41)7-8-35)29(44)25-20-15-37-43(24-6-2-3-12-47-24)23(20)13-22(34)26(25)33/h13-15,18-19,24,29,36,44H,2-7,9-12,16-17H2,1H3,(H,45,46)/t18-,19-,24-,29-/m0/s1. The SMILES string of the molecule is CN1CCC[C@H]1COc1nc(N2CCN(C(=O)O)[C@@H](CC#N)C2)c2[nH]cc([C@H](O)c3c(Cl)c(F)cc4c3cnn4[C@@H]3CCCCO3)c2n1. The number of anilines is 1. The van der Waals surface area contributed by atoms with Crippen LogP contribution in [0.15, 0.2) is 18.5 Å². The number of piperazine rings is 1. The summed E-state index contributed by atoms with van der Waals surface area (Å²) in [6.07, 6.45) is 4.98. The number of nitrogens with one attached hydrogen (secondary N) is 1. The summed E-state index contributed by atoms with van der Waals surface area (Å²) >= 11 is 6.57. The number of aromatic nitrogens is 5. The number of halogens is 2. The van der Waals surface area contributed by atoms with Crippen molar-refractivity contribution in [2.45, 2.75) is 62.9 Å². The van der Waals surface area contributed by atoms with Crippen LogP contribution in [0.25, 0.3) is 21.9 Å². The average Bonchev–Trinajstić information content (AvgIpc) is 3.82. The number of hydrogen-bond acceptors (Lipinski definition) is 10. The molecule has 7 rings (SSSR count). The molecule has 16 heteroatoms. The van der Waals surface area contributed by atoms with Crippen molar-refractivity contribution >= 4 is 45.4 Å². The van der Waals surface area contributed by atoms with E-state index < -0.39 is 24.1 Å². The van der Waals surface area contributed by atoms with Gasteiger partial charge >= 0.3 is 12.1 Å². The minimum absolute atomic E-state index is 0.0107. The number of carboxylic acid groups (broad SMARTS) is 1. The van der Waals surface area contributed by atoms with Crippen molar-refractivity contribution in [2.24, 2.45) is 0 Å². The molecule has 0 spiro atoms. The largest absolute Gasteiger partial charge is 0.465 e. The van der Waals surface area contributed by atoms with Crippen LogP contribution in [0.2, 0.25) is 5.02 Å². The van der Waals surface area contributed by atoms with E-state index >= 15 is 4.39 Å². The Morgan fingerprint density at radius 2 is 2.10 bits per heavy atom. The molecule has 0 bridgehead atoms. The maximum absolute atomic E-state index is 15.4. The molecule has 3 N–H and O–H groups in total. The Morgan fingerprint density at radius 1 is 1.25 bits per heavy atom. The van der Waals surface area contributed by atoms with E-state index in [0.717, 1.165) is 38.6 Å². The Bertz CT molecular complexity index is 1870. The molecule has 14 nitrogen and oxygen atoms in total. The van der Waals surface area contributed by atoms with Gasteiger partial charge in [0.25, 0.3) is 0 Å². The number of ether oxygens (including phenoxy) is 2. The highest BCUT2D eigenvalue weighted by atomic mass is 35.5. The lowest BCUT2D eigenvalue weighted by Crippen LogP contribution is -2.55. The first-order valence-electron chi connectivity index (χ1n) is 16.2. The van der Waals surface area contributed by atoms with Crippen molar-refractivity contribution in [3.8, 4) is 12.1 Å². The molecule has 4 aromatic rings. The van der Waals surface area contributed by atoms with Gasteiger partial charge in [-0.15, -0.1) is 0 Å². The van der Waals surface area contributed by atoms with E-state index in [1.54, 1.807) is 17.1 Å². The fraction of sp³-hybridized carbons (Fsp3) is 0.531. The number of benzene rings is 1. The summed E-state index contributed by atoms with van der Waals surface area (Å²) in [6.45, 7) is 2.59. The maximum atomic E-state index is 15.4. The van der Waals surface area contributed by atoms with Crippen LogP contribution in [0.3, 0.4) is 0 Å². The lowest BCUT2D eigenvalue weighted by atomic mass is 9.99. The monoisotopic (exact) mass is 681 g/mol. The molecule has 0 unspecified atom stereocenters. The van der Waals surface area contributed by atoms with Crippen LogP contribution < -0.4 is 9.64 Å². The number of nitriles is 1. The Kier molecular flexibility index (Phi) is 8.99. The molecule has 6 heterocycles. The lowest BCUT2D eigenvalue weighted by molar-refractivity contribution is -0.0367. The number of nitrogens with zero attached hydrogens (tertiary/aromatic N) is 8. The highest BCUT2D eigenvalue weighted by molar-refractivity contribution is 6.32. The van der Waals surface area contributed by atoms with Crippen molar-refractivity contribution in [3.63, 3.8) is 0 Å². The number of H-pyrrole nitrogens is 1. The zero-order valence-corrected chi connectivity index (χ0v) is 27.2. The lowest BCUT2D eigenvalue weighted by Gasteiger charge is -2.39. The molecule has 1 aromatic carbocycles. The van der Waals surface area contributed by atoms with Crippen LogP contribution in [-0.4, -0.2) is 109 Å². The molecule has 1 amide bonds. The first-order valence-corrected chi connectivity index (χ1v) is 16.6. The molecule has 3 aliphatic heterocycles. The van der Waals surface area contributed by atoms with Crippen molar-refractivity contribution in [1.82, 2.24) is 34.5 Å². The van der Waals surface area contributed by atoms with Crippen LogP contribution in [-0.2, 0) is 4.74 Å². The number of aliphatic hydroxyl groups is 1. The maximum Gasteiger partial charge on any atom is 0.407 e. The fourth-order valence-corrected chi connectivity index (χ4v) is 7.41. The minimum atomic E-state index is -1.42. The summed E-state index contributed by atoms with van der Waals surface area (Å²) < 4.78 is 29.2. The molecular weight excluding hydrogens is 645 g/mol. The topological polar surface area (TPSA) is 169 Å². The van der Waals surface area contributed by atoms with Crippen LogP contribution in [0, 0.1) is 17.1 Å². The Labute approximate surface area is 280 Å². The molecule has 3 aromatic heterocycles. The van der Waals surface area contributed by atoms with Crippen molar-refractivity contribution < 1.29 is 28.9 Å². The zero-order valence-electron chi connectivity index (χ0n) is 26.5. The quantitative estimate of drug-likeness (QED) is 0.240. The molecule has 48 heavy (non-hydrogen) atoms. The first kappa shape index (κ1) is 32.3. The van der Waals surface area contributed by atoms with Gasteiger partial charge in [0, 0.05) is 61.1 Å². The molecule has 3 fully saturated rings. The van der Waals surface area contributed by atoms with Gasteiger partial charge in [0.05, 0.1) is 35.3 Å². The molecule has 0 aliphatic carbocycles. The summed E-state index contributed by atoms with van der Waals surface area (Å²) in [5, 5.41) is 35.9. The average molecular weight is 682 g/mol. The van der Waals surface area contributed by atoms with Gasteiger partial charge < -0.3 is 39.4 Å². The first-order chi connectivity index (χ1) is 23.2. The van der Waals surface area contributed by atoms with E-state index in [0.29, 0.717) is 53.1 Å². The molecule has 0 saturated carbocycles. The van der Waals surface area contributed by atoms with Crippen LogP contribution in [0.5, 0.6) is 6.01 Å². The number of fused-ring (bicyclic) bond motifs is 2. The Morgan fingerprint density at radius 3 is 2.83 bits per heavy atom. The molecule has 0 radical (unpaired) electrons. The zero-order chi connectivity index (χ0) is 33.5. The van der Waals surface area contributed by atoms with Crippen molar-refractivity contribution in [1.29, 1.82) is 5.26 Å². The third kappa shape index (κ3) is 5.87.